The lowest BCUT2D eigenvalue weighted by Crippen LogP contribution is -2.09. The van der Waals surface area contributed by atoms with Crippen LogP contribution in [0.2, 0.25) is 0 Å². The molecule has 0 saturated carbocycles. The maximum absolute atomic E-state index is 6.09. The Morgan fingerprint density at radius 3 is 1.67 bits per heavy atom. The summed E-state index contributed by atoms with van der Waals surface area (Å²) in [5.41, 5.74) is 13.8. The van der Waals surface area contributed by atoms with E-state index in [9.17, 15) is 0 Å². The molecular weight excluding hydrogens is 639 g/mol. The van der Waals surface area contributed by atoms with Gasteiger partial charge in [0.05, 0.1) is 0 Å². The molecule has 2 aromatic heterocycles. The van der Waals surface area contributed by atoms with Gasteiger partial charge in [0.15, 0.2) is 0 Å². The van der Waals surface area contributed by atoms with Gasteiger partial charge in [0.2, 0.25) is 0 Å². The zero-order chi connectivity index (χ0) is 33.7. The molecular formula is C48H33NOS. The Labute approximate surface area is 301 Å². The zero-order valence-electron chi connectivity index (χ0n) is 27.9. The van der Waals surface area contributed by atoms with Gasteiger partial charge >= 0.3 is 0 Å². The van der Waals surface area contributed by atoms with Crippen LogP contribution in [0.25, 0.3) is 71.5 Å². The Morgan fingerprint density at radius 1 is 0.451 bits per heavy atom. The lowest BCUT2D eigenvalue weighted by atomic mass is 9.98. The number of para-hydroxylation sites is 1. The Balaban J connectivity index is 1.02. The molecule has 9 aromatic rings. The summed E-state index contributed by atoms with van der Waals surface area (Å²) >= 11 is 1.94. The number of nitrogens with zero attached hydrogens (tertiary/aromatic N) is 1. The van der Waals surface area contributed by atoms with Crippen molar-refractivity contribution >= 4 is 66.5 Å². The topological polar surface area (TPSA) is 16.4 Å². The second-order valence-electron chi connectivity index (χ2n) is 13.2. The quantitative estimate of drug-likeness (QED) is 0.175. The van der Waals surface area contributed by atoms with Crippen LogP contribution in [0, 0.1) is 0 Å². The number of thiophene rings is 1. The number of anilines is 3. The van der Waals surface area contributed by atoms with Crippen molar-refractivity contribution in [3.63, 3.8) is 0 Å². The molecule has 51 heavy (non-hydrogen) atoms. The van der Waals surface area contributed by atoms with Gasteiger partial charge in [-0.2, -0.15) is 0 Å². The van der Waals surface area contributed by atoms with E-state index in [4.69, 9.17) is 4.42 Å². The van der Waals surface area contributed by atoms with Crippen LogP contribution >= 0.6 is 11.3 Å². The average Bonchev–Trinajstić information content (AvgIpc) is 3.77. The van der Waals surface area contributed by atoms with Gasteiger partial charge in [-0.15, -0.1) is 11.3 Å². The molecule has 0 radical (unpaired) electrons. The van der Waals surface area contributed by atoms with Crippen molar-refractivity contribution < 1.29 is 4.42 Å². The van der Waals surface area contributed by atoms with Crippen LogP contribution in [-0.2, 0) is 6.42 Å². The van der Waals surface area contributed by atoms with Gasteiger partial charge in [-0.1, -0.05) is 109 Å². The normalized spacial score (nSPS) is 12.5. The van der Waals surface area contributed by atoms with Crippen LogP contribution in [0.15, 0.2) is 174 Å². The van der Waals surface area contributed by atoms with Crippen LogP contribution in [0.1, 0.15) is 16.9 Å². The van der Waals surface area contributed by atoms with Gasteiger partial charge in [-0.3, -0.25) is 0 Å². The van der Waals surface area contributed by atoms with Crippen molar-refractivity contribution in [3.05, 3.63) is 180 Å². The summed E-state index contributed by atoms with van der Waals surface area (Å²) in [7, 11) is 0. The van der Waals surface area contributed by atoms with Crippen LogP contribution in [-0.4, -0.2) is 0 Å². The molecule has 1 aliphatic rings. The van der Waals surface area contributed by atoms with Crippen molar-refractivity contribution in [1.82, 2.24) is 0 Å². The average molecular weight is 672 g/mol. The van der Waals surface area contributed by atoms with Gasteiger partial charge in [-0.05, 0) is 119 Å². The molecule has 0 fully saturated rings. The molecule has 0 atom stereocenters. The smallest absolute Gasteiger partial charge is 0.135 e. The Kier molecular flexibility index (Phi) is 7.18. The highest BCUT2D eigenvalue weighted by atomic mass is 32.1. The molecule has 0 unspecified atom stereocenters. The highest BCUT2D eigenvalue weighted by molar-refractivity contribution is 7.19. The maximum Gasteiger partial charge on any atom is 0.135 e. The van der Waals surface area contributed by atoms with Crippen molar-refractivity contribution in [2.75, 3.05) is 4.90 Å². The molecule has 3 heteroatoms. The number of hydrogen-bond acceptors (Lipinski definition) is 3. The van der Waals surface area contributed by atoms with E-state index in [0.29, 0.717) is 0 Å². The molecule has 1 aliphatic carbocycles. The lowest BCUT2D eigenvalue weighted by molar-refractivity contribution is 0.669. The van der Waals surface area contributed by atoms with E-state index in [2.05, 4.69) is 169 Å². The number of hydrogen-bond donors (Lipinski definition) is 0. The fourth-order valence-electron chi connectivity index (χ4n) is 7.52. The number of fused-ring (bicyclic) bond motifs is 6. The molecule has 10 rings (SSSR count). The third kappa shape index (κ3) is 5.34. The number of rotatable bonds is 6. The molecule has 0 spiro atoms. The zero-order valence-corrected chi connectivity index (χ0v) is 28.7. The van der Waals surface area contributed by atoms with Crippen molar-refractivity contribution in [2.24, 2.45) is 0 Å². The first-order valence-corrected chi connectivity index (χ1v) is 18.4. The second kappa shape index (κ2) is 12.3. The number of furan rings is 1. The van der Waals surface area contributed by atoms with E-state index in [1.54, 1.807) is 0 Å². The van der Waals surface area contributed by atoms with E-state index in [0.717, 1.165) is 51.8 Å². The predicted molar refractivity (Wildman–Crippen MR) is 217 cm³/mol. The first-order chi connectivity index (χ1) is 25.2. The van der Waals surface area contributed by atoms with Crippen molar-refractivity contribution in [1.29, 1.82) is 0 Å². The van der Waals surface area contributed by atoms with Crippen molar-refractivity contribution in [2.45, 2.75) is 12.8 Å². The molecule has 0 bridgehead atoms. The fraction of sp³-hybridized carbons (Fsp3) is 0.0417. The lowest BCUT2D eigenvalue weighted by Gasteiger charge is -2.26. The summed E-state index contributed by atoms with van der Waals surface area (Å²) in [6.45, 7) is 0. The third-order valence-corrected chi connectivity index (χ3v) is 11.4. The van der Waals surface area contributed by atoms with Crippen LogP contribution in [0.5, 0.6) is 0 Å². The summed E-state index contributed by atoms with van der Waals surface area (Å²) in [5, 5.41) is 3.65. The summed E-state index contributed by atoms with van der Waals surface area (Å²) in [6.07, 6.45) is 6.91. The van der Waals surface area contributed by atoms with E-state index in [1.807, 2.05) is 23.5 Å². The van der Waals surface area contributed by atoms with E-state index < -0.39 is 0 Å². The number of benzene rings is 7. The van der Waals surface area contributed by atoms with E-state index >= 15 is 0 Å². The summed E-state index contributed by atoms with van der Waals surface area (Å²) < 4.78 is 7.47. The Morgan fingerprint density at radius 2 is 0.980 bits per heavy atom. The Bertz CT molecular complexity index is 2720. The number of aryl methyl sites for hydroxylation is 1. The highest BCUT2D eigenvalue weighted by Gasteiger charge is 2.16. The summed E-state index contributed by atoms with van der Waals surface area (Å²) in [5.74, 6) is 0. The minimum Gasteiger partial charge on any atom is -0.456 e. The van der Waals surface area contributed by atoms with Crippen LogP contribution in [0.4, 0.5) is 17.1 Å². The summed E-state index contributed by atoms with van der Waals surface area (Å²) in [4.78, 5) is 3.86. The highest BCUT2D eigenvalue weighted by Crippen LogP contribution is 2.41. The monoisotopic (exact) mass is 671 g/mol. The molecule has 7 aromatic carbocycles. The predicted octanol–water partition coefficient (Wildman–Crippen LogP) is 14.2. The first-order valence-electron chi connectivity index (χ1n) is 17.5. The first kappa shape index (κ1) is 29.7. The molecule has 242 valence electrons. The molecule has 0 amide bonds. The molecule has 0 saturated heterocycles. The SMILES string of the molecule is C1=Cc2c(sc3ccc(-c4ccc(N(c5ccc(-c6ccccc6)cc5)c5ccc(-c6ccc7oc8ccccc8c7c6)cc5)cc4)cc23)CC1. The maximum atomic E-state index is 6.09. The fourth-order valence-corrected chi connectivity index (χ4v) is 8.71. The van der Waals surface area contributed by atoms with Gasteiger partial charge in [-0.25, -0.2) is 0 Å². The molecule has 0 aliphatic heterocycles. The van der Waals surface area contributed by atoms with E-state index in [1.165, 1.54) is 53.9 Å². The Hall–Kier alpha value is -6.16. The van der Waals surface area contributed by atoms with Gasteiger partial charge in [0, 0.05) is 42.8 Å². The van der Waals surface area contributed by atoms with Gasteiger partial charge in [0.25, 0.3) is 0 Å². The van der Waals surface area contributed by atoms with Crippen molar-refractivity contribution in [3.8, 4) is 33.4 Å². The van der Waals surface area contributed by atoms with Crippen LogP contribution in [0.3, 0.4) is 0 Å². The van der Waals surface area contributed by atoms with E-state index in [-0.39, 0.29) is 0 Å². The minimum atomic E-state index is 0.914. The minimum absolute atomic E-state index is 0.914. The van der Waals surface area contributed by atoms with Crippen LogP contribution < -0.4 is 4.90 Å². The van der Waals surface area contributed by atoms with Gasteiger partial charge < -0.3 is 9.32 Å². The summed E-state index contributed by atoms with van der Waals surface area (Å²) in [6, 6.07) is 59.0. The largest absolute Gasteiger partial charge is 0.456 e. The van der Waals surface area contributed by atoms with Gasteiger partial charge in [0.1, 0.15) is 11.2 Å². The standard InChI is InChI=1S/C48H33NOS/c1-2-8-32(9-3-1)33-14-22-38(23-15-33)49(39-24-16-34(17-25-39)36-20-28-46-43(30-36)41-10-4-6-12-45(41)50-46)40-26-18-35(19-27-40)37-21-29-48-44(31-37)42-11-5-7-13-47(42)51-48/h1-6,8-12,14-31H,7,13H2. The third-order valence-electron chi connectivity index (χ3n) is 10.2. The molecule has 2 heterocycles. The molecule has 2 nitrogen and oxygen atoms in total. The number of allylic oxidation sites excluding steroid dienone is 1. The second-order valence-corrected chi connectivity index (χ2v) is 14.4. The molecule has 0 N–H and O–H groups in total.